The van der Waals surface area contributed by atoms with Gasteiger partial charge in [0.25, 0.3) is 0 Å². The van der Waals surface area contributed by atoms with Gasteiger partial charge in [-0.2, -0.15) is 5.10 Å². The molecule has 0 saturated heterocycles. The van der Waals surface area contributed by atoms with Gasteiger partial charge in [0.2, 0.25) is 0 Å². The monoisotopic (exact) mass is 499 g/mol. The van der Waals surface area contributed by atoms with E-state index in [0.29, 0.717) is 6.61 Å². The molecule has 4 aromatic rings. The van der Waals surface area contributed by atoms with E-state index in [2.05, 4.69) is 69.6 Å². The molecule has 0 aliphatic carbocycles. The van der Waals surface area contributed by atoms with Gasteiger partial charge in [-0.1, -0.05) is 24.3 Å². The highest BCUT2D eigenvalue weighted by atomic mass is 32.1. The Morgan fingerprint density at radius 2 is 2.03 bits per heavy atom. The fourth-order valence-electron chi connectivity index (χ4n) is 4.61. The van der Waals surface area contributed by atoms with Gasteiger partial charge in [0, 0.05) is 61.9 Å². The second-order valence-electron chi connectivity index (χ2n) is 9.02. The Morgan fingerprint density at radius 3 is 2.86 bits per heavy atom. The Labute approximate surface area is 214 Å². The van der Waals surface area contributed by atoms with E-state index in [4.69, 9.17) is 9.72 Å². The van der Waals surface area contributed by atoms with Gasteiger partial charge in [-0.3, -0.25) is 5.01 Å². The summed E-state index contributed by atoms with van der Waals surface area (Å²) in [5.74, 6) is 0. The summed E-state index contributed by atoms with van der Waals surface area (Å²) >= 11 is 1.79. The Morgan fingerprint density at radius 1 is 1.11 bits per heavy atom. The summed E-state index contributed by atoms with van der Waals surface area (Å²) in [6.45, 7) is 3.32. The van der Waals surface area contributed by atoms with Gasteiger partial charge in [-0.15, -0.1) is 16.9 Å². The van der Waals surface area contributed by atoms with Gasteiger partial charge in [-0.25, -0.2) is 9.67 Å². The highest BCUT2D eigenvalue weighted by molar-refractivity contribution is 7.15. The Balaban J connectivity index is 1.12. The number of methoxy groups -OCH3 is 1. The average molecular weight is 500 g/mol. The second kappa shape index (κ2) is 10.1. The normalized spacial score (nSPS) is 15.1. The van der Waals surface area contributed by atoms with Crippen LogP contribution in [0.3, 0.4) is 0 Å². The number of aromatic nitrogens is 3. The predicted octanol–water partition coefficient (Wildman–Crippen LogP) is 3.75. The molecule has 2 N–H and O–H groups in total. The van der Waals surface area contributed by atoms with Crippen molar-refractivity contribution in [2.45, 2.75) is 19.4 Å². The maximum absolute atomic E-state index is 5.17. The van der Waals surface area contributed by atoms with Crippen LogP contribution in [-0.4, -0.2) is 46.6 Å². The lowest BCUT2D eigenvalue weighted by Gasteiger charge is -2.29. The van der Waals surface area contributed by atoms with Crippen LogP contribution in [0, 0.1) is 0 Å². The van der Waals surface area contributed by atoms with Crippen LogP contribution in [0.4, 0.5) is 5.13 Å². The van der Waals surface area contributed by atoms with Crippen molar-refractivity contribution in [3.63, 3.8) is 0 Å². The topological polar surface area (TPSA) is 70.5 Å². The number of thiazole rings is 1. The van der Waals surface area contributed by atoms with E-state index in [1.165, 1.54) is 27.1 Å². The van der Waals surface area contributed by atoms with Crippen LogP contribution >= 0.6 is 11.3 Å². The van der Waals surface area contributed by atoms with Crippen LogP contribution in [0.1, 0.15) is 27.1 Å². The summed E-state index contributed by atoms with van der Waals surface area (Å²) in [7, 11) is 1.72. The van der Waals surface area contributed by atoms with Crippen molar-refractivity contribution in [1.82, 2.24) is 30.7 Å². The minimum atomic E-state index is 0.671. The molecule has 2 aliphatic heterocycles. The molecule has 0 fully saturated rings. The quantitative estimate of drug-likeness (QED) is 0.383. The first-order valence-electron chi connectivity index (χ1n) is 12.1. The minimum Gasteiger partial charge on any atom is -0.383 e. The van der Waals surface area contributed by atoms with E-state index in [-0.39, 0.29) is 0 Å². The maximum Gasteiger partial charge on any atom is 0.185 e. The van der Waals surface area contributed by atoms with Crippen molar-refractivity contribution in [1.29, 1.82) is 0 Å². The Hall–Kier alpha value is -3.66. The van der Waals surface area contributed by atoms with Crippen molar-refractivity contribution >= 4 is 22.2 Å². The van der Waals surface area contributed by atoms with Crippen molar-refractivity contribution in [2.24, 2.45) is 0 Å². The molecule has 0 radical (unpaired) electrons. The van der Waals surface area contributed by atoms with Crippen LogP contribution < -0.4 is 15.9 Å². The third-order valence-corrected chi connectivity index (χ3v) is 7.64. The smallest absolute Gasteiger partial charge is 0.185 e. The third kappa shape index (κ3) is 4.86. The molecule has 4 heterocycles. The van der Waals surface area contributed by atoms with E-state index in [9.17, 15) is 0 Å². The van der Waals surface area contributed by atoms with Crippen molar-refractivity contribution in [3.8, 4) is 5.69 Å². The Bertz CT molecular complexity index is 1350. The highest BCUT2D eigenvalue weighted by Gasteiger charge is 2.21. The van der Waals surface area contributed by atoms with Gasteiger partial charge in [0.15, 0.2) is 5.13 Å². The number of fused-ring (bicyclic) bond motifs is 1. The zero-order chi connectivity index (χ0) is 24.3. The lowest BCUT2D eigenvalue weighted by Crippen LogP contribution is -2.38. The summed E-state index contributed by atoms with van der Waals surface area (Å²) in [5.41, 5.74) is 13.8. The summed E-state index contributed by atoms with van der Waals surface area (Å²) in [4.78, 5) is 8.46. The van der Waals surface area contributed by atoms with Crippen molar-refractivity contribution in [2.75, 3.05) is 31.7 Å². The van der Waals surface area contributed by atoms with E-state index >= 15 is 0 Å². The number of nitrogens with zero attached hydrogens (tertiary/aromatic N) is 5. The number of hydrazine groups is 2. The molecule has 6 rings (SSSR count). The van der Waals surface area contributed by atoms with E-state index in [1.54, 1.807) is 24.6 Å². The molecule has 8 nitrogen and oxygen atoms in total. The molecule has 0 unspecified atom stereocenters. The fourth-order valence-corrected chi connectivity index (χ4v) is 5.58. The molecule has 2 aromatic carbocycles. The Kier molecular flexibility index (Phi) is 6.42. The molecule has 2 aliphatic rings. The van der Waals surface area contributed by atoms with Crippen LogP contribution in [0.25, 0.3) is 11.4 Å². The van der Waals surface area contributed by atoms with E-state index in [0.717, 1.165) is 49.0 Å². The number of benzene rings is 2. The SMILES string of the molecule is COCCN1C=C(c2ccc3c(c2)CN(c2ncc(Cc4ccc(-n5cccn5)cc4)s2)CC3)NN1. The first-order chi connectivity index (χ1) is 17.7. The van der Waals surface area contributed by atoms with Gasteiger partial charge in [0.05, 0.1) is 24.5 Å². The molecular formula is C27H29N7OS. The summed E-state index contributed by atoms with van der Waals surface area (Å²) in [6.07, 6.45) is 9.80. The summed E-state index contributed by atoms with van der Waals surface area (Å²) in [6, 6.07) is 17.3. The number of nitrogens with one attached hydrogen (secondary N) is 2. The number of hydrogen-bond donors (Lipinski definition) is 2. The number of anilines is 1. The second-order valence-corrected chi connectivity index (χ2v) is 10.1. The minimum absolute atomic E-state index is 0.671. The molecule has 0 spiro atoms. The molecular weight excluding hydrogens is 470 g/mol. The molecule has 0 saturated carbocycles. The molecule has 2 aromatic heterocycles. The van der Waals surface area contributed by atoms with Gasteiger partial charge >= 0.3 is 0 Å². The van der Waals surface area contributed by atoms with Crippen molar-refractivity contribution < 1.29 is 4.74 Å². The van der Waals surface area contributed by atoms with Crippen LogP contribution in [-0.2, 0) is 24.1 Å². The molecule has 36 heavy (non-hydrogen) atoms. The van der Waals surface area contributed by atoms with Crippen molar-refractivity contribution in [3.05, 3.63) is 100 Å². The van der Waals surface area contributed by atoms with Gasteiger partial charge < -0.3 is 15.1 Å². The lowest BCUT2D eigenvalue weighted by molar-refractivity contribution is 0.148. The molecule has 0 atom stereocenters. The number of rotatable bonds is 8. The maximum atomic E-state index is 5.17. The molecule has 9 heteroatoms. The first-order valence-corrected chi connectivity index (χ1v) is 13.0. The van der Waals surface area contributed by atoms with E-state index in [1.807, 2.05) is 28.2 Å². The van der Waals surface area contributed by atoms with Crippen LogP contribution in [0.2, 0.25) is 0 Å². The van der Waals surface area contributed by atoms with Crippen LogP contribution in [0.5, 0.6) is 0 Å². The lowest BCUT2D eigenvalue weighted by atomic mass is 9.97. The van der Waals surface area contributed by atoms with E-state index < -0.39 is 0 Å². The fraction of sp³-hybridized carbons (Fsp3) is 0.259. The summed E-state index contributed by atoms with van der Waals surface area (Å²) in [5, 5.41) is 7.40. The zero-order valence-electron chi connectivity index (χ0n) is 20.2. The number of hydrogen-bond acceptors (Lipinski definition) is 8. The third-order valence-electron chi connectivity index (χ3n) is 6.58. The standard InChI is InChI=1S/C27H29N7OS/c1-35-14-13-33-19-26(30-31-33)22-6-5-21-9-12-32(18-23(21)16-22)27-28-17-25(36-27)15-20-3-7-24(8-4-20)34-11-2-10-29-34/h2-8,10-11,16-17,19,30-31H,9,12-15,18H2,1H3. The van der Waals surface area contributed by atoms with Gasteiger partial charge in [-0.05, 0) is 47.4 Å². The zero-order valence-corrected chi connectivity index (χ0v) is 21.0. The predicted molar refractivity (Wildman–Crippen MR) is 143 cm³/mol. The molecule has 0 amide bonds. The summed E-state index contributed by atoms with van der Waals surface area (Å²) < 4.78 is 7.05. The van der Waals surface area contributed by atoms with Gasteiger partial charge in [0.1, 0.15) is 0 Å². The molecule has 184 valence electrons. The molecule has 0 bridgehead atoms. The number of ether oxygens (including phenoxy) is 1. The average Bonchev–Trinajstić information content (AvgIpc) is 3.70. The largest absolute Gasteiger partial charge is 0.383 e. The first kappa shape index (κ1) is 22.8. The highest BCUT2D eigenvalue weighted by Crippen LogP contribution is 2.31. The van der Waals surface area contributed by atoms with Crippen LogP contribution in [0.15, 0.2) is 73.3 Å².